The predicted molar refractivity (Wildman–Crippen MR) is 63.6 cm³/mol. The van der Waals surface area contributed by atoms with Crippen molar-refractivity contribution in [3.8, 4) is 12.3 Å². The lowest BCUT2D eigenvalue weighted by Crippen LogP contribution is -2.24. The Morgan fingerprint density at radius 2 is 1.88 bits per heavy atom. The van der Waals surface area contributed by atoms with Gasteiger partial charge in [0.25, 0.3) is 0 Å². The SMILES string of the molecule is C#CC(OC(=O)C(C)(C)C)c1ccccc1. The molecule has 1 aromatic rings. The van der Waals surface area contributed by atoms with Gasteiger partial charge in [-0.1, -0.05) is 36.3 Å². The van der Waals surface area contributed by atoms with Gasteiger partial charge in [0.05, 0.1) is 5.41 Å². The number of carbonyl (C=O) groups excluding carboxylic acids is 1. The van der Waals surface area contributed by atoms with Crippen LogP contribution in [0.2, 0.25) is 0 Å². The molecule has 0 amide bonds. The fraction of sp³-hybridized carbons (Fsp3) is 0.357. The van der Waals surface area contributed by atoms with Crippen LogP contribution in [0.3, 0.4) is 0 Å². The predicted octanol–water partition coefficient (Wildman–Crippen LogP) is 2.95. The van der Waals surface area contributed by atoms with Gasteiger partial charge in [-0.25, -0.2) is 0 Å². The molecule has 16 heavy (non-hydrogen) atoms. The Kier molecular flexibility index (Phi) is 3.73. The van der Waals surface area contributed by atoms with Gasteiger partial charge in [-0.2, -0.15) is 0 Å². The van der Waals surface area contributed by atoms with Crippen molar-refractivity contribution in [3.63, 3.8) is 0 Å². The maximum atomic E-state index is 11.7. The van der Waals surface area contributed by atoms with E-state index in [2.05, 4.69) is 5.92 Å². The van der Waals surface area contributed by atoms with Crippen molar-refractivity contribution in [2.24, 2.45) is 5.41 Å². The number of ether oxygens (including phenoxy) is 1. The van der Waals surface area contributed by atoms with Gasteiger partial charge in [0.15, 0.2) is 6.10 Å². The maximum absolute atomic E-state index is 11.7. The van der Waals surface area contributed by atoms with E-state index in [1.807, 2.05) is 30.3 Å². The molecule has 0 saturated heterocycles. The third kappa shape index (κ3) is 3.13. The number of terminal acetylenes is 1. The Morgan fingerprint density at radius 3 is 2.31 bits per heavy atom. The number of rotatable bonds is 2. The summed E-state index contributed by atoms with van der Waals surface area (Å²) in [5.41, 5.74) is 0.284. The number of hydrogen-bond acceptors (Lipinski definition) is 2. The molecular weight excluding hydrogens is 200 g/mol. The van der Waals surface area contributed by atoms with Gasteiger partial charge in [-0.05, 0) is 20.8 Å². The molecule has 0 N–H and O–H groups in total. The Hall–Kier alpha value is -1.75. The highest BCUT2D eigenvalue weighted by Gasteiger charge is 2.26. The molecule has 2 heteroatoms. The molecule has 0 saturated carbocycles. The van der Waals surface area contributed by atoms with E-state index in [-0.39, 0.29) is 5.97 Å². The number of esters is 1. The zero-order valence-electron chi connectivity index (χ0n) is 9.86. The summed E-state index contributed by atoms with van der Waals surface area (Å²) >= 11 is 0. The molecule has 0 spiro atoms. The Balaban J connectivity index is 2.80. The third-order valence-corrected chi connectivity index (χ3v) is 2.09. The molecule has 1 rings (SSSR count). The summed E-state index contributed by atoms with van der Waals surface area (Å²) in [4.78, 5) is 11.7. The Bertz CT molecular complexity index is 393. The van der Waals surface area contributed by atoms with E-state index in [4.69, 9.17) is 11.2 Å². The standard InChI is InChI=1S/C14H16O2/c1-5-12(11-9-7-6-8-10-11)16-13(15)14(2,3)4/h1,6-10,12H,2-4H3. The molecule has 1 aromatic carbocycles. The second-order valence-corrected chi connectivity index (χ2v) is 4.61. The van der Waals surface area contributed by atoms with Crippen LogP contribution in [0.1, 0.15) is 32.4 Å². The summed E-state index contributed by atoms with van der Waals surface area (Å²) in [6.45, 7) is 5.40. The summed E-state index contributed by atoms with van der Waals surface area (Å²) in [6, 6.07) is 9.32. The second-order valence-electron chi connectivity index (χ2n) is 4.61. The molecule has 1 unspecified atom stereocenters. The van der Waals surface area contributed by atoms with Gasteiger partial charge in [0, 0.05) is 5.56 Å². The Morgan fingerprint density at radius 1 is 1.31 bits per heavy atom. The summed E-state index contributed by atoms with van der Waals surface area (Å²) in [5.74, 6) is 2.19. The number of hydrogen-bond donors (Lipinski definition) is 0. The van der Waals surface area contributed by atoms with Crippen molar-refractivity contribution in [3.05, 3.63) is 35.9 Å². The average Bonchev–Trinajstić information content (AvgIpc) is 2.25. The summed E-state index contributed by atoms with van der Waals surface area (Å²) < 4.78 is 5.28. The van der Waals surface area contributed by atoms with Gasteiger partial charge in [-0.3, -0.25) is 4.79 Å². The van der Waals surface area contributed by atoms with Crippen LogP contribution in [0, 0.1) is 17.8 Å². The highest BCUT2D eigenvalue weighted by Crippen LogP contribution is 2.22. The average molecular weight is 216 g/mol. The van der Waals surface area contributed by atoms with Gasteiger partial charge < -0.3 is 4.74 Å². The van der Waals surface area contributed by atoms with E-state index in [0.29, 0.717) is 0 Å². The third-order valence-electron chi connectivity index (χ3n) is 2.09. The van der Waals surface area contributed by atoms with E-state index in [9.17, 15) is 4.79 Å². The topological polar surface area (TPSA) is 26.3 Å². The van der Waals surface area contributed by atoms with Crippen LogP contribution in [-0.4, -0.2) is 5.97 Å². The first kappa shape index (κ1) is 12.3. The molecule has 0 radical (unpaired) electrons. The molecule has 0 fully saturated rings. The Labute approximate surface area is 96.6 Å². The fourth-order valence-corrected chi connectivity index (χ4v) is 1.11. The quantitative estimate of drug-likeness (QED) is 0.561. The van der Waals surface area contributed by atoms with Crippen molar-refractivity contribution in [2.75, 3.05) is 0 Å². The first-order valence-corrected chi connectivity index (χ1v) is 5.17. The lowest BCUT2D eigenvalue weighted by Gasteiger charge is -2.20. The molecule has 84 valence electrons. The zero-order valence-corrected chi connectivity index (χ0v) is 9.86. The van der Waals surface area contributed by atoms with E-state index < -0.39 is 11.5 Å². The van der Waals surface area contributed by atoms with Gasteiger partial charge in [0.2, 0.25) is 0 Å². The lowest BCUT2D eigenvalue weighted by molar-refractivity contribution is -0.156. The van der Waals surface area contributed by atoms with Crippen LogP contribution in [0.4, 0.5) is 0 Å². The van der Waals surface area contributed by atoms with Gasteiger partial charge in [-0.15, -0.1) is 6.42 Å². The van der Waals surface area contributed by atoms with Crippen LogP contribution >= 0.6 is 0 Å². The molecule has 0 aliphatic carbocycles. The van der Waals surface area contributed by atoms with E-state index in [1.165, 1.54) is 0 Å². The van der Waals surface area contributed by atoms with Crippen LogP contribution in [-0.2, 0) is 9.53 Å². The van der Waals surface area contributed by atoms with E-state index in [0.717, 1.165) is 5.56 Å². The number of benzene rings is 1. The fourth-order valence-electron chi connectivity index (χ4n) is 1.11. The highest BCUT2D eigenvalue weighted by atomic mass is 16.5. The molecule has 0 aromatic heterocycles. The van der Waals surface area contributed by atoms with Crippen molar-refractivity contribution in [1.29, 1.82) is 0 Å². The first-order valence-electron chi connectivity index (χ1n) is 5.17. The van der Waals surface area contributed by atoms with Gasteiger partial charge in [0.1, 0.15) is 0 Å². The smallest absolute Gasteiger partial charge is 0.312 e. The molecule has 2 nitrogen and oxygen atoms in total. The lowest BCUT2D eigenvalue weighted by atomic mass is 9.97. The maximum Gasteiger partial charge on any atom is 0.312 e. The molecule has 0 aliphatic heterocycles. The molecule has 1 atom stereocenters. The van der Waals surface area contributed by atoms with Crippen LogP contribution in [0.5, 0.6) is 0 Å². The summed E-state index contributed by atoms with van der Waals surface area (Å²) in [7, 11) is 0. The first-order chi connectivity index (χ1) is 7.45. The van der Waals surface area contributed by atoms with E-state index >= 15 is 0 Å². The minimum absolute atomic E-state index is 0.292. The summed E-state index contributed by atoms with van der Waals surface area (Å²) in [5, 5.41) is 0. The second kappa shape index (κ2) is 4.85. The van der Waals surface area contributed by atoms with Crippen LogP contribution in [0.25, 0.3) is 0 Å². The normalized spacial score (nSPS) is 12.6. The van der Waals surface area contributed by atoms with E-state index in [1.54, 1.807) is 20.8 Å². The monoisotopic (exact) mass is 216 g/mol. The van der Waals surface area contributed by atoms with Crippen molar-refractivity contribution in [2.45, 2.75) is 26.9 Å². The minimum Gasteiger partial charge on any atom is -0.444 e. The largest absolute Gasteiger partial charge is 0.444 e. The highest BCUT2D eigenvalue weighted by molar-refractivity contribution is 5.75. The number of carbonyl (C=O) groups is 1. The van der Waals surface area contributed by atoms with Crippen molar-refractivity contribution < 1.29 is 9.53 Å². The van der Waals surface area contributed by atoms with Crippen molar-refractivity contribution >= 4 is 5.97 Å². The zero-order chi connectivity index (χ0) is 12.2. The molecule has 0 aliphatic rings. The minimum atomic E-state index is -0.604. The van der Waals surface area contributed by atoms with Crippen molar-refractivity contribution in [1.82, 2.24) is 0 Å². The summed E-state index contributed by atoms with van der Waals surface area (Å²) in [6.07, 6.45) is 4.77. The molecule has 0 bridgehead atoms. The molecular formula is C14H16O2. The van der Waals surface area contributed by atoms with Crippen LogP contribution < -0.4 is 0 Å². The van der Waals surface area contributed by atoms with Crippen LogP contribution in [0.15, 0.2) is 30.3 Å². The van der Waals surface area contributed by atoms with Gasteiger partial charge >= 0.3 is 5.97 Å². The molecule has 0 heterocycles.